The lowest BCUT2D eigenvalue weighted by molar-refractivity contribution is 0.0903. The summed E-state index contributed by atoms with van der Waals surface area (Å²) in [5.41, 5.74) is 3.16. The molecule has 1 amide bonds. The Labute approximate surface area is 169 Å². The summed E-state index contributed by atoms with van der Waals surface area (Å²) in [7, 11) is 0. The van der Waals surface area contributed by atoms with Gasteiger partial charge in [0.1, 0.15) is 11.5 Å². The number of pyridine rings is 3. The van der Waals surface area contributed by atoms with Gasteiger partial charge in [0.15, 0.2) is 0 Å². The molecule has 1 aliphatic heterocycles. The number of anilines is 1. The Hall–Kier alpha value is -3.06. The first-order chi connectivity index (χ1) is 14.2. The van der Waals surface area contributed by atoms with Gasteiger partial charge in [-0.25, -0.2) is 9.97 Å². The number of nitrogens with zero attached hydrogens (tertiary/aromatic N) is 3. The molecular weight excluding hydrogens is 366 g/mol. The van der Waals surface area contributed by atoms with Crippen LogP contribution in [0.1, 0.15) is 41.5 Å². The second kappa shape index (κ2) is 8.96. The second-order valence-corrected chi connectivity index (χ2v) is 7.18. The molecule has 2 N–H and O–H groups in total. The van der Waals surface area contributed by atoms with Gasteiger partial charge < -0.3 is 15.4 Å². The van der Waals surface area contributed by atoms with Crippen LogP contribution in [-0.4, -0.2) is 40.1 Å². The van der Waals surface area contributed by atoms with Crippen LogP contribution in [0.25, 0.3) is 10.9 Å². The minimum Gasteiger partial charge on any atom is -0.381 e. The summed E-state index contributed by atoms with van der Waals surface area (Å²) in [4.78, 5) is 25.9. The topological polar surface area (TPSA) is 89.0 Å². The maximum atomic E-state index is 12.6. The molecule has 1 fully saturated rings. The third-order valence-corrected chi connectivity index (χ3v) is 5.10. The first-order valence-corrected chi connectivity index (χ1v) is 10.0. The van der Waals surface area contributed by atoms with E-state index < -0.39 is 0 Å². The third kappa shape index (κ3) is 4.86. The number of hydrogen-bond acceptors (Lipinski definition) is 6. The molecule has 0 bridgehead atoms. The minimum atomic E-state index is -0.216. The van der Waals surface area contributed by atoms with Crippen LogP contribution in [0, 0.1) is 0 Å². The van der Waals surface area contributed by atoms with Gasteiger partial charge in [-0.1, -0.05) is 6.92 Å². The van der Waals surface area contributed by atoms with Gasteiger partial charge >= 0.3 is 0 Å². The van der Waals surface area contributed by atoms with Gasteiger partial charge in [0, 0.05) is 43.1 Å². The molecule has 0 aliphatic carbocycles. The summed E-state index contributed by atoms with van der Waals surface area (Å²) in [5.74, 6) is 0.557. The van der Waals surface area contributed by atoms with Gasteiger partial charge in [0.05, 0.1) is 17.8 Å². The number of ether oxygens (including phenoxy) is 1. The van der Waals surface area contributed by atoms with E-state index in [0.29, 0.717) is 18.3 Å². The van der Waals surface area contributed by atoms with E-state index in [1.54, 1.807) is 18.5 Å². The predicted octanol–water partition coefficient (Wildman–Crippen LogP) is 3.11. The number of rotatable bonds is 6. The Morgan fingerprint density at radius 2 is 2.03 bits per heavy atom. The molecule has 1 aliphatic rings. The van der Waals surface area contributed by atoms with Crippen LogP contribution in [0.5, 0.6) is 0 Å². The van der Waals surface area contributed by atoms with Crippen molar-refractivity contribution in [2.24, 2.45) is 0 Å². The second-order valence-electron chi connectivity index (χ2n) is 7.18. The number of aromatic nitrogens is 3. The van der Waals surface area contributed by atoms with Crippen LogP contribution < -0.4 is 10.6 Å². The number of fused-ring (bicyclic) bond motifs is 1. The zero-order valence-electron chi connectivity index (χ0n) is 16.5. The van der Waals surface area contributed by atoms with E-state index in [1.165, 1.54) is 5.56 Å². The van der Waals surface area contributed by atoms with Crippen LogP contribution in [0.2, 0.25) is 0 Å². The Balaban J connectivity index is 1.45. The van der Waals surface area contributed by atoms with Crippen molar-refractivity contribution < 1.29 is 9.53 Å². The molecule has 150 valence electrons. The van der Waals surface area contributed by atoms with Crippen molar-refractivity contribution >= 4 is 22.6 Å². The lowest BCUT2D eigenvalue weighted by atomic mass is 10.1. The molecule has 3 aromatic heterocycles. The zero-order chi connectivity index (χ0) is 20.1. The van der Waals surface area contributed by atoms with E-state index in [2.05, 4.69) is 32.5 Å². The van der Waals surface area contributed by atoms with E-state index in [1.807, 2.05) is 24.3 Å². The van der Waals surface area contributed by atoms with Crippen LogP contribution in [0.15, 0.2) is 42.7 Å². The Kier molecular flexibility index (Phi) is 5.95. The molecule has 0 radical (unpaired) electrons. The average Bonchev–Trinajstić information content (AvgIpc) is 2.78. The van der Waals surface area contributed by atoms with E-state index in [4.69, 9.17) is 4.74 Å². The highest BCUT2D eigenvalue weighted by molar-refractivity contribution is 5.95. The van der Waals surface area contributed by atoms with Crippen molar-refractivity contribution in [3.63, 3.8) is 0 Å². The number of hydrogen-bond donors (Lipinski definition) is 2. The van der Waals surface area contributed by atoms with Crippen molar-refractivity contribution in [1.82, 2.24) is 20.3 Å². The highest BCUT2D eigenvalue weighted by Crippen LogP contribution is 2.18. The molecule has 4 rings (SSSR count). The minimum absolute atomic E-state index is 0.216. The molecule has 4 heterocycles. The number of nitrogens with one attached hydrogen (secondary N) is 2. The van der Waals surface area contributed by atoms with Gasteiger partial charge in [0.2, 0.25) is 0 Å². The van der Waals surface area contributed by atoms with E-state index in [-0.39, 0.29) is 5.91 Å². The first kappa shape index (κ1) is 19.3. The van der Waals surface area contributed by atoms with Gasteiger partial charge in [-0.2, -0.15) is 0 Å². The summed E-state index contributed by atoms with van der Waals surface area (Å²) in [6, 6.07) is 9.84. The quantitative estimate of drug-likeness (QED) is 0.671. The fraction of sp³-hybridized carbons (Fsp3) is 0.364. The van der Waals surface area contributed by atoms with E-state index >= 15 is 0 Å². The van der Waals surface area contributed by atoms with Gasteiger partial charge in [-0.3, -0.25) is 9.78 Å². The molecule has 0 atom stereocenters. The van der Waals surface area contributed by atoms with Gasteiger partial charge in [-0.15, -0.1) is 0 Å². The highest BCUT2D eigenvalue weighted by Gasteiger charge is 2.14. The average molecular weight is 391 g/mol. The summed E-state index contributed by atoms with van der Waals surface area (Å²) < 4.78 is 5.40. The Morgan fingerprint density at radius 3 is 2.86 bits per heavy atom. The predicted molar refractivity (Wildman–Crippen MR) is 112 cm³/mol. The molecule has 1 saturated heterocycles. The lowest BCUT2D eigenvalue weighted by Crippen LogP contribution is -2.28. The van der Waals surface area contributed by atoms with Gasteiger partial charge in [0.25, 0.3) is 5.91 Å². The monoisotopic (exact) mass is 391 g/mol. The molecule has 7 nitrogen and oxygen atoms in total. The molecule has 0 aromatic carbocycles. The normalized spacial score (nSPS) is 14.7. The van der Waals surface area contributed by atoms with E-state index in [9.17, 15) is 4.79 Å². The molecule has 29 heavy (non-hydrogen) atoms. The number of aryl methyl sites for hydroxylation is 1. The van der Waals surface area contributed by atoms with E-state index in [0.717, 1.165) is 54.9 Å². The van der Waals surface area contributed by atoms with Gasteiger partial charge in [-0.05, 0) is 49.1 Å². The molecule has 7 heteroatoms. The van der Waals surface area contributed by atoms with Crippen LogP contribution in [0.3, 0.4) is 0 Å². The van der Waals surface area contributed by atoms with Crippen LogP contribution in [-0.2, 0) is 17.7 Å². The lowest BCUT2D eigenvalue weighted by Gasteiger charge is -2.23. The highest BCUT2D eigenvalue weighted by atomic mass is 16.5. The van der Waals surface area contributed by atoms with Crippen molar-refractivity contribution in [3.05, 3.63) is 59.7 Å². The Bertz CT molecular complexity index is 1000. The maximum Gasteiger partial charge on any atom is 0.270 e. The molecule has 0 unspecified atom stereocenters. The summed E-state index contributed by atoms with van der Waals surface area (Å²) >= 11 is 0. The number of carbonyl (C=O) groups is 1. The van der Waals surface area contributed by atoms with Crippen molar-refractivity contribution in [2.75, 3.05) is 18.5 Å². The number of amides is 1. The number of carbonyl (C=O) groups excluding carboxylic acids is 1. The van der Waals surface area contributed by atoms with Crippen molar-refractivity contribution in [3.8, 4) is 0 Å². The molecule has 0 spiro atoms. The maximum absolute atomic E-state index is 12.6. The van der Waals surface area contributed by atoms with Crippen molar-refractivity contribution in [2.45, 2.75) is 38.8 Å². The molecular formula is C22H25N5O2. The van der Waals surface area contributed by atoms with Crippen molar-refractivity contribution in [1.29, 1.82) is 0 Å². The molecule has 0 saturated carbocycles. The summed E-state index contributed by atoms with van der Waals surface area (Å²) in [5, 5.41) is 7.24. The zero-order valence-corrected chi connectivity index (χ0v) is 16.5. The standard InChI is InChI=1S/C22H25N5O2/c1-2-15-5-8-23-18(11-15)14-25-22(28)19-4-3-16-13-24-21(12-20(16)27-19)26-17-6-9-29-10-7-17/h3-5,8,11-13,17H,2,6-7,9-10,14H2,1H3,(H,24,26)(H,25,28). The SMILES string of the molecule is CCc1ccnc(CNC(=O)c2ccc3cnc(NC4CCOCC4)cc3n2)c1. The van der Waals surface area contributed by atoms with Crippen LogP contribution >= 0.6 is 0 Å². The third-order valence-electron chi connectivity index (χ3n) is 5.10. The fourth-order valence-corrected chi connectivity index (χ4v) is 3.38. The Morgan fingerprint density at radius 1 is 1.17 bits per heavy atom. The smallest absolute Gasteiger partial charge is 0.270 e. The molecule has 3 aromatic rings. The fourth-order valence-electron chi connectivity index (χ4n) is 3.38. The first-order valence-electron chi connectivity index (χ1n) is 10.0. The van der Waals surface area contributed by atoms with Crippen LogP contribution in [0.4, 0.5) is 5.82 Å². The summed E-state index contributed by atoms with van der Waals surface area (Å²) in [6.45, 7) is 4.00. The summed E-state index contributed by atoms with van der Waals surface area (Å²) in [6.07, 6.45) is 6.42. The largest absolute Gasteiger partial charge is 0.381 e.